The lowest BCUT2D eigenvalue weighted by Gasteiger charge is -2.19. The maximum absolute atomic E-state index is 12.7. The van der Waals surface area contributed by atoms with Crippen LogP contribution in [-0.4, -0.2) is 55.2 Å². The number of aliphatic carboxylic acids is 1. The van der Waals surface area contributed by atoms with Gasteiger partial charge in [0.1, 0.15) is 6.54 Å². The molecule has 2 aromatic carbocycles. The Labute approximate surface area is 172 Å². The molecule has 2 N–H and O–H groups in total. The molecule has 1 fully saturated rings. The van der Waals surface area contributed by atoms with Crippen LogP contribution in [0.25, 0.3) is 11.1 Å². The molecule has 1 atom stereocenters. The molecular weight excluding hydrogens is 420 g/mol. The Balaban J connectivity index is 1.76. The summed E-state index contributed by atoms with van der Waals surface area (Å²) in [5.74, 6) is -3.98. The van der Waals surface area contributed by atoms with Gasteiger partial charge in [-0.25, -0.2) is 13.2 Å². The van der Waals surface area contributed by atoms with E-state index in [2.05, 4.69) is 0 Å². The highest BCUT2D eigenvalue weighted by Gasteiger charge is 2.34. The third-order valence-corrected chi connectivity index (χ3v) is 6.55. The molecule has 0 saturated carbocycles. The van der Waals surface area contributed by atoms with E-state index in [-0.39, 0.29) is 18.0 Å². The quantitative estimate of drug-likeness (QED) is 0.640. The number of hydrogen-bond acceptors (Lipinski definition) is 5. The standard InChI is InChI=1S/C19H17ClN2O6S/c20-15-5-1-12(2-6-15)13-3-7-16(8-4-13)29(27,28)11-14(18(24)25)9-22-10-17(23)21-19(22)26/h1-8,14H,9-11H2,(H,24,25)(H,21,23,26). The van der Waals surface area contributed by atoms with Crippen molar-refractivity contribution in [1.82, 2.24) is 10.2 Å². The maximum atomic E-state index is 12.7. The van der Waals surface area contributed by atoms with E-state index < -0.39 is 39.4 Å². The highest BCUT2D eigenvalue weighted by Crippen LogP contribution is 2.24. The molecule has 0 spiro atoms. The van der Waals surface area contributed by atoms with Crippen molar-refractivity contribution in [3.63, 3.8) is 0 Å². The van der Waals surface area contributed by atoms with Gasteiger partial charge in [-0.3, -0.25) is 14.9 Å². The van der Waals surface area contributed by atoms with Gasteiger partial charge in [0.05, 0.1) is 16.6 Å². The zero-order valence-corrected chi connectivity index (χ0v) is 16.6. The first-order valence-corrected chi connectivity index (χ1v) is 10.6. The van der Waals surface area contributed by atoms with Crippen molar-refractivity contribution in [3.05, 3.63) is 53.6 Å². The molecule has 0 bridgehead atoms. The van der Waals surface area contributed by atoms with Crippen LogP contribution in [0.4, 0.5) is 4.79 Å². The predicted molar refractivity (Wildman–Crippen MR) is 105 cm³/mol. The van der Waals surface area contributed by atoms with Crippen LogP contribution in [0.2, 0.25) is 5.02 Å². The van der Waals surface area contributed by atoms with Gasteiger partial charge in [-0.2, -0.15) is 0 Å². The molecule has 8 nitrogen and oxygen atoms in total. The number of imide groups is 1. The average Bonchev–Trinajstić information content (AvgIpc) is 2.98. The minimum absolute atomic E-state index is 0.0246. The number of nitrogens with one attached hydrogen (secondary N) is 1. The van der Waals surface area contributed by atoms with Crippen molar-refractivity contribution in [3.8, 4) is 11.1 Å². The van der Waals surface area contributed by atoms with Crippen LogP contribution in [0, 0.1) is 5.92 Å². The molecule has 29 heavy (non-hydrogen) atoms. The molecule has 3 amide bonds. The van der Waals surface area contributed by atoms with Gasteiger partial charge in [0, 0.05) is 11.6 Å². The minimum Gasteiger partial charge on any atom is -0.481 e. The van der Waals surface area contributed by atoms with Gasteiger partial charge in [0.25, 0.3) is 0 Å². The summed E-state index contributed by atoms with van der Waals surface area (Å²) in [6, 6.07) is 12.4. The van der Waals surface area contributed by atoms with Gasteiger partial charge >= 0.3 is 12.0 Å². The summed E-state index contributed by atoms with van der Waals surface area (Å²) in [6.07, 6.45) is 0. The third-order valence-electron chi connectivity index (χ3n) is 4.47. The number of nitrogens with zero attached hydrogens (tertiary/aromatic N) is 1. The van der Waals surface area contributed by atoms with Crippen LogP contribution >= 0.6 is 11.6 Å². The first-order chi connectivity index (χ1) is 13.7. The molecule has 2 aromatic rings. The Morgan fingerprint density at radius 3 is 2.10 bits per heavy atom. The number of carboxylic acids is 1. The van der Waals surface area contributed by atoms with E-state index in [9.17, 15) is 27.9 Å². The van der Waals surface area contributed by atoms with Gasteiger partial charge in [-0.15, -0.1) is 0 Å². The number of rotatable bonds is 7. The van der Waals surface area contributed by atoms with Crippen molar-refractivity contribution >= 4 is 39.3 Å². The number of carboxylic acid groups (broad SMARTS) is 1. The van der Waals surface area contributed by atoms with E-state index >= 15 is 0 Å². The van der Waals surface area contributed by atoms with E-state index in [0.29, 0.717) is 5.02 Å². The SMILES string of the molecule is O=C1CN(CC(CS(=O)(=O)c2ccc(-c3ccc(Cl)cc3)cc2)C(=O)O)C(=O)N1. The second-order valence-electron chi connectivity index (χ2n) is 6.58. The zero-order chi connectivity index (χ0) is 21.2. The lowest BCUT2D eigenvalue weighted by molar-refractivity contribution is -0.141. The van der Waals surface area contributed by atoms with Crippen molar-refractivity contribution < 1.29 is 27.9 Å². The Morgan fingerprint density at radius 1 is 1.07 bits per heavy atom. The minimum atomic E-state index is -3.93. The lowest BCUT2D eigenvalue weighted by Crippen LogP contribution is -2.38. The first kappa shape index (κ1) is 20.8. The van der Waals surface area contributed by atoms with Crippen molar-refractivity contribution in [2.24, 2.45) is 5.92 Å². The Kier molecular flexibility index (Phi) is 5.90. The fourth-order valence-corrected chi connectivity index (χ4v) is 4.60. The topological polar surface area (TPSA) is 121 Å². The highest BCUT2D eigenvalue weighted by molar-refractivity contribution is 7.91. The number of sulfone groups is 1. The number of hydrogen-bond donors (Lipinski definition) is 2. The molecule has 1 aliphatic heterocycles. The molecule has 152 valence electrons. The van der Waals surface area contributed by atoms with Gasteiger partial charge in [-0.1, -0.05) is 35.9 Å². The van der Waals surface area contributed by atoms with E-state index in [1.54, 1.807) is 36.4 Å². The van der Waals surface area contributed by atoms with Crippen molar-refractivity contribution in [1.29, 1.82) is 0 Å². The summed E-state index contributed by atoms with van der Waals surface area (Å²) in [5.41, 5.74) is 1.63. The fourth-order valence-electron chi connectivity index (χ4n) is 2.96. The summed E-state index contributed by atoms with van der Waals surface area (Å²) in [4.78, 5) is 35.4. The predicted octanol–water partition coefficient (Wildman–Crippen LogP) is 2.03. The second kappa shape index (κ2) is 8.22. The highest BCUT2D eigenvalue weighted by atomic mass is 35.5. The van der Waals surface area contributed by atoms with Gasteiger partial charge < -0.3 is 10.0 Å². The van der Waals surface area contributed by atoms with E-state index in [1.165, 1.54) is 12.1 Å². The van der Waals surface area contributed by atoms with E-state index in [4.69, 9.17) is 11.6 Å². The molecule has 10 heteroatoms. The maximum Gasteiger partial charge on any atom is 0.324 e. The molecule has 1 heterocycles. The Morgan fingerprint density at radius 2 is 1.62 bits per heavy atom. The zero-order valence-electron chi connectivity index (χ0n) is 15.0. The van der Waals surface area contributed by atoms with Crippen LogP contribution < -0.4 is 5.32 Å². The Bertz CT molecular complexity index is 1050. The summed E-state index contributed by atoms with van der Waals surface area (Å²) in [5, 5.41) is 12.0. The monoisotopic (exact) mass is 436 g/mol. The molecular formula is C19H17ClN2O6S. The summed E-state index contributed by atoms with van der Waals surface area (Å²) in [6.45, 7) is -0.673. The van der Waals surface area contributed by atoms with E-state index in [1.807, 2.05) is 5.32 Å². The summed E-state index contributed by atoms with van der Waals surface area (Å²) < 4.78 is 25.4. The number of halogens is 1. The van der Waals surface area contributed by atoms with Crippen LogP contribution in [0.3, 0.4) is 0 Å². The summed E-state index contributed by atoms with van der Waals surface area (Å²) in [7, 11) is -3.93. The number of amides is 3. The first-order valence-electron chi connectivity index (χ1n) is 8.56. The van der Waals surface area contributed by atoms with Gasteiger partial charge in [-0.05, 0) is 35.4 Å². The molecule has 3 rings (SSSR count). The third kappa shape index (κ3) is 4.93. The molecule has 0 aromatic heterocycles. The van der Waals surface area contributed by atoms with Gasteiger partial charge in [0.15, 0.2) is 9.84 Å². The Hall–Kier alpha value is -2.91. The van der Waals surface area contributed by atoms with Gasteiger partial charge in [0.2, 0.25) is 5.91 Å². The fraction of sp³-hybridized carbons (Fsp3) is 0.211. The van der Waals surface area contributed by atoms with Crippen molar-refractivity contribution in [2.75, 3.05) is 18.8 Å². The summed E-state index contributed by atoms with van der Waals surface area (Å²) >= 11 is 5.86. The smallest absolute Gasteiger partial charge is 0.324 e. The van der Waals surface area contributed by atoms with Crippen LogP contribution in [0.1, 0.15) is 0 Å². The molecule has 1 saturated heterocycles. The van der Waals surface area contributed by atoms with Crippen LogP contribution in [0.5, 0.6) is 0 Å². The van der Waals surface area contributed by atoms with Crippen LogP contribution in [0.15, 0.2) is 53.4 Å². The largest absolute Gasteiger partial charge is 0.481 e. The molecule has 0 aliphatic carbocycles. The normalized spacial score (nSPS) is 15.3. The molecule has 1 aliphatic rings. The number of carbonyl (C=O) groups is 3. The lowest BCUT2D eigenvalue weighted by atomic mass is 10.1. The molecule has 1 unspecified atom stereocenters. The van der Waals surface area contributed by atoms with E-state index in [0.717, 1.165) is 16.0 Å². The van der Waals surface area contributed by atoms with Crippen molar-refractivity contribution in [2.45, 2.75) is 4.90 Å². The average molecular weight is 437 g/mol. The number of carbonyl (C=O) groups excluding carboxylic acids is 2. The molecule has 0 radical (unpaired) electrons. The second-order valence-corrected chi connectivity index (χ2v) is 9.05. The number of benzene rings is 2. The number of urea groups is 1. The van der Waals surface area contributed by atoms with Crippen LogP contribution in [-0.2, 0) is 19.4 Å².